The van der Waals surface area contributed by atoms with Crippen molar-refractivity contribution in [3.8, 4) is 0 Å². The first-order valence-electron chi connectivity index (χ1n) is 6.98. The van der Waals surface area contributed by atoms with Gasteiger partial charge in [0.15, 0.2) is 0 Å². The number of aliphatic carboxylic acids is 1. The molecular weight excluding hydrogens is 336 g/mol. The van der Waals surface area contributed by atoms with Gasteiger partial charge in [-0.3, -0.25) is 14.5 Å². The number of piperidine rings is 1. The minimum atomic E-state index is -0.849. The minimum absolute atomic E-state index is 0.111. The quantitative estimate of drug-likeness (QED) is 0.871. The van der Waals surface area contributed by atoms with Crippen LogP contribution < -0.4 is 5.32 Å². The van der Waals surface area contributed by atoms with E-state index < -0.39 is 12.0 Å². The monoisotopic (exact) mass is 354 g/mol. The van der Waals surface area contributed by atoms with Crippen molar-refractivity contribution in [2.75, 3.05) is 18.4 Å². The van der Waals surface area contributed by atoms with Crippen molar-refractivity contribution >= 4 is 33.5 Å². The maximum atomic E-state index is 12.1. The molecule has 21 heavy (non-hydrogen) atoms. The van der Waals surface area contributed by atoms with E-state index >= 15 is 0 Å². The third-order valence-corrected chi connectivity index (χ3v) is 4.26. The van der Waals surface area contributed by atoms with Gasteiger partial charge in [-0.05, 0) is 49.6 Å². The molecule has 1 saturated heterocycles. The summed E-state index contributed by atoms with van der Waals surface area (Å²) in [5.74, 6) is -0.645. The van der Waals surface area contributed by atoms with Crippen LogP contribution in [0.4, 0.5) is 5.69 Å². The number of hydrogen-bond acceptors (Lipinski definition) is 3. The van der Waals surface area contributed by atoms with E-state index in [2.05, 4.69) is 28.2 Å². The van der Waals surface area contributed by atoms with E-state index in [1.165, 1.54) is 0 Å². The Morgan fingerprint density at radius 3 is 2.67 bits per heavy atom. The van der Waals surface area contributed by atoms with Crippen molar-refractivity contribution < 1.29 is 14.7 Å². The van der Waals surface area contributed by atoms with Crippen LogP contribution in [-0.4, -0.2) is 41.0 Å². The summed E-state index contributed by atoms with van der Waals surface area (Å²) in [4.78, 5) is 25.1. The van der Waals surface area contributed by atoms with Gasteiger partial charge < -0.3 is 10.4 Å². The number of nitrogens with one attached hydrogen (secondary N) is 1. The average Bonchev–Trinajstić information content (AvgIpc) is 2.43. The van der Waals surface area contributed by atoms with Gasteiger partial charge in [0.2, 0.25) is 5.91 Å². The van der Waals surface area contributed by atoms with E-state index in [1.807, 2.05) is 12.1 Å². The van der Waals surface area contributed by atoms with E-state index in [1.54, 1.807) is 17.0 Å². The topological polar surface area (TPSA) is 69.6 Å². The molecule has 2 rings (SSSR count). The molecule has 1 amide bonds. The molecule has 0 bridgehead atoms. The number of nitrogens with zero attached hydrogens (tertiary/aromatic N) is 1. The molecule has 1 fully saturated rings. The van der Waals surface area contributed by atoms with Crippen LogP contribution in [0, 0.1) is 5.92 Å². The molecule has 0 radical (unpaired) electrons. The number of halogens is 1. The third-order valence-electron chi connectivity index (χ3n) is 3.74. The van der Waals surface area contributed by atoms with Gasteiger partial charge in [-0.25, -0.2) is 0 Å². The number of carbonyl (C=O) groups excluding carboxylic acids is 1. The van der Waals surface area contributed by atoms with Crippen LogP contribution in [0.2, 0.25) is 0 Å². The Labute approximate surface area is 132 Å². The van der Waals surface area contributed by atoms with Crippen LogP contribution in [0.1, 0.15) is 19.8 Å². The van der Waals surface area contributed by atoms with Gasteiger partial charge >= 0.3 is 5.97 Å². The standard InChI is InChI=1S/C15H19BrN2O3/c1-10-6-7-18(13(8-10)15(20)21)9-14(19)17-12-4-2-11(16)3-5-12/h2-5,10,13H,6-9H2,1H3,(H,17,19)(H,20,21). The fourth-order valence-electron chi connectivity index (χ4n) is 2.55. The van der Waals surface area contributed by atoms with Gasteiger partial charge in [0.1, 0.15) is 6.04 Å². The van der Waals surface area contributed by atoms with Crippen LogP contribution in [0.5, 0.6) is 0 Å². The van der Waals surface area contributed by atoms with Crippen LogP contribution in [-0.2, 0) is 9.59 Å². The van der Waals surface area contributed by atoms with E-state index in [0.29, 0.717) is 24.6 Å². The summed E-state index contributed by atoms with van der Waals surface area (Å²) in [7, 11) is 0. The van der Waals surface area contributed by atoms with Gasteiger partial charge in [-0.2, -0.15) is 0 Å². The van der Waals surface area contributed by atoms with E-state index in [0.717, 1.165) is 10.9 Å². The van der Waals surface area contributed by atoms with Crippen molar-refractivity contribution in [1.29, 1.82) is 0 Å². The number of anilines is 1. The molecule has 1 aromatic carbocycles. The van der Waals surface area contributed by atoms with Gasteiger partial charge in [0, 0.05) is 10.2 Å². The second-order valence-electron chi connectivity index (χ2n) is 5.51. The van der Waals surface area contributed by atoms with Crippen molar-refractivity contribution in [3.63, 3.8) is 0 Å². The highest BCUT2D eigenvalue weighted by molar-refractivity contribution is 9.10. The molecule has 6 heteroatoms. The summed E-state index contributed by atoms with van der Waals surface area (Å²) >= 11 is 3.33. The van der Waals surface area contributed by atoms with Crippen LogP contribution in [0.3, 0.4) is 0 Å². The summed E-state index contributed by atoms with van der Waals surface area (Å²) < 4.78 is 0.941. The second-order valence-corrected chi connectivity index (χ2v) is 6.42. The van der Waals surface area contributed by atoms with E-state index in [-0.39, 0.29) is 12.5 Å². The molecule has 1 aliphatic rings. The van der Waals surface area contributed by atoms with Crippen LogP contribution >= 0.6 is 15.9 Å². The molecule has 1 aromatic rings. The van der Waals surface area contributed by atoms with E-state index in [9.17, 15) is 14.7 Å². The highest BCUT2D eigenvalue weighted by atomic mass is 79.9. The van der Waals surface area contributed by atoms with Crippen LogP contribution in [0.15, 0.2) is 28.7 Å². The second kappa shape index (κ2) is 7.04. The lowest BCUT2D eigenvalue weighted by Crippen LogP contribution is -2.49. The Kier molecular flexibility index (Phi) is 5.36. The van der Waals surface area contributed by atoms with Gasteiger partial charge in [0.25, 0.3) is 0 Å². The lowest BCUT2D eigenvalue weighted by atomic mass is 9.92. The first-order chi connectivity index (χ1) is 9.95. The molecule has 1 heterocycles. The lowest BCUT2D eigenvalue weighted by Gasteiger charge is -2.35. The molecule has 1 aliphatic heterocycles. The molecular formula is C15H19BrN2O3. The summed E-state index contributed by atoms with van der Waals surface area (Å²) in [6, 6.07) is 6.73. The molecule has 2 unspecified atom stereocenters. The number of rotatable bonds is 4. The zero-order valence-electron chi connectivity index (χ0n) is 11.9. The molecule has 114 valence electrons. The van der Waals surface area contributed by atoms with Gasteiger partial charge in [-0.15, -0.1) is 0 Å². The summed E-state index contributed by atoms with van der Waals surface area (Å²) in [6.07, 6.45) is 1.52. The zero-order chi connectivity index (χ0) is 15.4. The Bertz CT molecular complexity index is 518. The minimum Gasteiger partial charge on any atom is -0.480 e. The fraction of sp³-hybridized carbons (Fsp3) is 0.467. The predicted octanol–water partition coefficient (Wildman–Crippen LogP) is 2.57. The molecule has 0 spiro atoms. The number of likely N-dealkylation sites (tertiary alicyclic amines) is 1. The van der Waals surface area contributed by atoms with Crippen molar-refractivity contribution in [2.45, 2.75) is 25.8 Å². The van der Waals surface area contributed by atoms with E-state index in [4.69, 9.17) is 0 Å². The Hall–Kier alpha value is -1.40. The van der Waals surface area contributed by atoms with Gasteiger partial charge in [0.05, 0.1) is 6.54 Å². The molecule has 2 N–H and O–H groups in total. The van der Waals surface area contributed by atoms with Crippen LogP contribution in [0.25, 0.3) is 0 Å². The third kappa shape index (κ3) is 4.54. The SMILES string of the molecule is CC1CCN(CC(=O)Nc2ccc(Br)cc2)C(C(=O)O)C1. The predicted molar refractivity (Wildman–Crippen MR) is 84.2 cm³/mol. The number of carboxylic acid groups (broad SMARTS) is 1. The number of carbonyl (C=O) groups is 2. The maximum absolute atomic E-state index is 12.1. The Morgan fingerprint density at radius 1 is 1.38 bits per heavy atom. The first kappa shape index (κ1) is 16.0. The largest absolute Gasteiger partial charge is 0.480 e. The highest BCUT2D eigenvalue weighted by Gasteiger charge is 2.32. The lowest BCUT2D eigenvalue weighted by molar-refractivity contribution is -0.145. The molecule has 0 aromatic heterocycles. The maximum Gasteiger partial charge on any atom is 0.320 e. The number of hydrogen-bond donors (Lipinski definition) is 2. The summed E-state index contributed by atoms with van der Waals surface area (Å²) in [5, 5.41) is 12.1. The normalized spacial score (nSPS) is 22.8. The van der Waals surface area contributed by atoms with Crippen molar-refractivity contribution in [2.24, 2.45) is 5.92 Å². The highest BCUT2D eigenvalue weighted by Crippen LogP contribution is 2.22. The number of carboxylic acids is 1. The zero-order valence-corrected chi connectivity index (χ0v) is 13.5. The summed E-state index contributed by atoms with van der Waals surface area (Å²) in [5.41, 5.74) is 0.709. The molecule has 5 nitrogen and oxygen atoms in total. The first-order valence-corrected chi connectivity index (χ1v) is 7.77. The molecule has 0 saturated carbocycles. The van der Waals surface area contributed by atoms with Crippen molar-refractivity contribution in [3.05, 3.63) is 28.7 Å². The number of benzene rings is 1. The Balaban J connectivity index is 1.94. The van der Waals surface area contributed by atoms with Crippen molar-refractivity contribution in [1.82, 2.24) is 4.90 Å². The average molecular weight is 355 g/mol. The number of amides is 1. The smallest absolute Gasteiger partial charge is 0.320 e. The fourth-order valence-corrected chi connectivity index (χ4v) is 2.82. The molecule has 2 atom stereocenters. The van der Waals surface area contributed by atoms with Gasteiger partial charge in [-0.1, -0.05) is 22.9 Å². The molecule has 0 aliphatic carbocycles. The Morgan fingerprint density at radius 2 is 2.05 bits per heavy atom. The summed E-state index contributed by atoms with van der Waals surface area (Å²) in [6.45, 7) is 2.81.